The van der Waals surface area contributed by atoms with E-state index in [1.54, 1.807) is 0 Å². The molecule has 0 spiro atoms. The number of aryl methyl sites for hydroxylation is 1. The minimum absolute atomic E-state index is 1.24. The fraction of sp³-hybridized carbons (Fsp3) is 0.500. The van der Waals surface area contributed by atoms with Crippen LogP contribution in [0.4, 0.5) is 0 Å². The second-order valence-corrected chi connectivity index (χ2v) is 4.45. The minimum Gasteiger partial charge on any atom is -0.162 e. The third-order valence-electron chi connectivity index (χ3n) is 1.28. The highest BCUT2D eigenvalue weighted by atomic mass is 32.2. The lowest BCUT2D eigenvalue weighted by Crippen LogP contribution is -1.83. The van der Waals surface area contributed by atoms with Crippen molar-refractivity contribution in [3.05, 3.63) is 22.4 Å². The van der Waals surface area contributed by atoms with E-state index < -0.39 is 0 Å². The highest BCUT2D eigenvalue weighted by Gasteiger charge is 1.91. The normalized spacial score (nSPS) is 10.1. The van der Waals surface area contributed by atoms with E-state index in [9.17, 15) is 0 Å². The van der Waals surface area contributed by atoms with Crippen molar-refractivity contribution >= 4 is 23.1 Å². The van der Waals surface area contributed by atoms with Crippen molar-refractivity contribution in [3.8, 4) is 0 Å². The van der Waals surface area contributed by atoms with Gasteiger partial charge in [-0.3, -0.25) is 0 Å². The monoisotopic (exact) mass is 172 g/mol. The quantitative estimate of drug-likeness (QED) is 0.629. The van der Waals surface area contributed by atoms with Crippen LogP contribution >= 0.6 is 23.1 Å². The molecule has 0 aliphatic heterocycles. The average Bonchev–Trinajstić information content (AvgIpc) is 2.41. The first kappa shape index (κ1) is 8.15. The Hall–Kier alpha value is 0.0500. The Morgan fingerprint density at radius 2 is 2.50 bits per heavy atom. The molecule has 1 aromatic rings. The highest BCUT2D eigenvalue weighted by Crippen LogP contribution is 2.11. The van der Waals surface area contributed by atoms with Crippen LogP contribution in [0.15, 0.2) is 17.5 Å². The van der Waals surface area contributed by atoms with Crippen LogP contribution in [0.1, 0.15) is 11.8 Å². The summed E-state index contributed by atoms with van der Waals surface area (Å²) < 4.78 is 0. The Bertz CT molecular complexity index is 156. The molecule has 0 radical (unpaired) electrons. The molecule has 0 bridgehead atoms. The molecule has 56 valence electrons. The second-order valence-electron chi connectivity index (χ2n) is 2.03. The summed E-state index contributed by atoms with van der Waals surface area (Å²) in [4.78, 5) is 1.51. The van der Waals surface area contributed by atoms with Gasteiger partial charge in [-0.2, -0.15) is 11.8 Å². The second kappa shape index (κ2) is 4.80. The summed E-state index contributed by atoms with van der Waals surface area (Å²) in [5.41, 5.74) is 0. The van der Waals surface area contributed by atoms with E-state index >= 15 is 0 Å². The van der Waals surface area contributed by atoms with Crippen LogP contribution in [0, 0.1) is 0 Å². The molecule has 0 unspecified atom stereocenters. The maximum absolute atomic E-state index is 2.21. The number of thioether (sulfide) groups is 1. The standard InChI is InChI=1S/C8H12S2/c1-2-9-7-5-8-4-3-6-10-8/h3-4,6H,2,5,7H2,1H3. The van der Waals surface area contributed by atoms with Gasteiger partial charge in [-0.1, -0.05) is 13.0 Å². The molecule has 0 amide bonds. The molecule has 0 saturated heterocycles. The van der Waals surface area contributed by atoms with Gasteiger partial charge < -0.3 is 0 Å². The van der Waals surface area contributed by atoms with E-state index in [1.807, 2.05) is 23.1 Å². The summed E-state index contributed by atoms with van der Waals surface area (Å²) in [6.45, 7) is 2.21. The Labute approximate surface area is 70.7 Å². The minimum atomic E-state index is 1.24. The van der Waals surface area contributed by atoms with Crippen molar-refractivity contribution in [2.45, 2.75) is 13.3 Å². The van der Waals surface area contributed by atoms with E-state index in [0.29, 0.717) is 0 Å². The van der Waals surface area contributed by atoms with Crippen molar-refractivity contribution in [1.29, 1.82) is 0 Å². The molecule has 1 heterocycles. The van der Waals surface area contributed by atoms with Crippen molar-refractivity contribution in [1.82, 2.24) is 0 Å². The summed E-state index contributed by atoms with van der Waals surface area (Å²) in [6, 6.07) is 4.33. The Morgan fingerprint density at radius 1 is 1.60 bits per heavy atom. The zero-order valence-electron chi connectivity index (χ0n) is 6.17. The lowest BCUT2D eigenvalue weighted by Gasteiger charge is -1.93. The zero-order valence-corrected chi connectivity index (χ0v) is 7.80. The molecule has 0 saturated carbocycles. The molecule has 10 heavy (non-hydrogen) atoms. The first-order chi connectivity index (χ1) is 4.93. The predicted octanol–water partition coefficient (Wildman–Crippen LogP) is 3.04. The van der Waals surface area contributed by atoms with Crippen LogP contribution in [0.3, 0.4) is 0 Å². The van der Waals surface area contributed by atoms with Gasteiger partial charge in [-0.05, 0) is 29.4 Å². The molecule has 0 aliphatic carbocycles. The summed E-state index contributed by atoms with van der Waals surface area (Å²) >= 11 is 3.87. The largest absolute Gasteiger partial charge is 0.162 e. The van der Waals surface area contributed by atoms with Crippen molar-refractivity contribution < 1.29 is 0 Å². The molecular weight excluding hydrogens is 160 g/mol. The van der Waals surface area contributed by atoms with Crippen LogP contribution < -0.4 is 0 Å². The van der Waals surface area contributed by atoms with Gasteiger partial charge in [0.05, 0.1) is 0 Å². The number of hydrogen-bond donors (Lipinski definition) is 0. The van der Waals surface area contributed by atoms with E-state index in [-0.39, 0.29) is 0 Å². The molecule has 0 aliphatic rings. The Kier molecular flexibility index (Phi) is 3.91. The third kappa shape index (κ3) is 2.76. The van der Waals surface area contributed by atoms with Crippen LogP contribution in [-0.2, 0) is 6.42 Å². The van der Waals surface area contributed by atoms with Crippen molar-refractivity contribution in [2.24, 2.45) is 0 Å². The van der Waals surface area contributed by atoms with Crippen LogP contribution in [0.5, 0.6) is 0 Å². The summed E-state index contributed by atoms with van der Waals surface area (Å²) in [6.07, 6.45) is 1.25. The van der Waals surface area contributed by atoms with E-state index in [4.69, 9.17) is 0 Å². The molecule has 0 N–H and O–H groups in total. The molecule has 0 aromatic carbocycles. The lowest BCUT2D eigenvalue weighted by molar-refractivity contribution is 1.20. The van der Waals surface area contributed by atoms with Gasteiger partial charge in [-0.25, -0.2) is 0 Å². The smallest absolute Gasteiger partial charge is 0.00534 e. The van der Waals surface area contributed by atoms with Gasteiger partial charge in [0, 0.05) is 4.88 Å². The molecule has 2 heteroatoms. The average molecular weight is 172 g/mol. The highest BCUT2D eigenvalue weighted by molar-refractivity contribution is 7.99. The van der Waals surface area contributed by atoms with Crippen molar-refractivity contribution in [2.75, 3.05) is 11.5 Å². The summed E-state index contributed by atoms with van der Waals surface area (Å²) in [7, 11) is 0. The maximum atomic E-state index is 2.21. The molecule has 1 rings (SSSR count). The Balaban J connectivity index is 2.15. The molecule has 0 nitrogen and oxygen atoms in total. The molecule has 0 atom stereocenters. The third-order valence-corrected chi connectivity index (χ3v) is 3.11. The van der Waals surface area contributed by atoms with E-state index in [2.05, 4.69) is 24.4 Å². The molecular formula is C8H12S2. The zero-order chi connectivity index (χ0) is 7.23. The van der Waals surface area contributed by atoms with Crippen molar-refractivity contribution in [3.63, 3.8) is 0 Å². The lowest BCUT2D eigenvalue weighted by atomic mass is 10.4. The first-order valence-corrected chi connectivity index (χ1v) is 5.57. The van der Waals surface area contributed by atoms with Crippen LogP contribution in [-0.4, -0.2) is 11.5 Å². The van der Waals surface area contributed by atoms with Gasteiger partial charge in [0.15, 0.2) is 0 Å². The number of thiophene rings is 1. The maximum Gasteiger partial charge on any atom is 0.00534 e. The topological polar surface area (TPSA) is 0 Å². The number of hydrogen-bond acceptors (Lipinski definition) is 2. The molecule has 1 aromatic heterocycles. The first-order valence-electron chi connectivity index (χ1n) is 3.53. The fourth-order valence-corrected chi connectivity index (χ4v) is 2.26. The van der Waals surface area contributed by atoms with Gasteiger partial charge >= 0.3 is 0 Å². The predicted molar refractivity (Wildman–Crippen MR) is 51.0 cm³/mol. The van der Waals surface area contributed by atoms with Gasteiger partial charge in [-0.15, -0.1) is 11.3 Å². The fourth-order valence-electron chi connectivity index (χ4n) is 0.772. The van der Waals surface area contributed by atoms with Crippen LogP contribution in [0.25, 0.3) is 0 Å². The number of rotatable bonds is 4. The van der Waals surface area contributed by atoms with Gasteiger partial charge in [0.25, 0.3) is 0 Å². The van der Waals surface area contributed by atoms with Crippen LogP contribution in [0.2, 0.25) is 0 Å². The summed E-state index contributed by atoms with van der Waals surface area (Å²) in [5.74, 6) is 2.52. The molecule has 0 fully saturated rings. The Morgan fingerprint density at radius 3 is 3.10 bits per heavy atom. The summed E-state index contributed by atoms with van der Waals surface area (Å²) in [5, 5.41) is 2.14. The van der Waals surface area contributed by atoms with E-state index in [1.165, 1.54) is 22.8 Å². The van der Waals surface area contributed by atoms with Gasteiger partial charge in [0.2, 0.25) is 0 Å². The van der Waals surface area contributed by atoms with E-state index in [0.717, 1.165) is 0 Å². The van der Waals surface area contributed by atoms with Gasteiger partial charge in [0.1, 0.15) is 0 Å². The SMILES string of the molecule is CCSCCc1cccs1.